The van der Waals surface area contributed by atoms with Gasteiger partial charge in [0.05, 0.1) is 6.07 Å². The molecule has 0 aromatic rings. The summed E-state index contributed by atoms with van der Waals surface area (Å²) in [5.41, 5.74) is 0. The second-order valence-electron chi connectivity index (χ2n) is 0.333. The Morgan fingerprint density at radius 3 is 2.00 bits per heavy atom. The standard InChI is InChI=1S/C3H3N.Mo.S/c1-2-3-4;;/h2H,1H2;;. The maximum atomic E-state index is 7.51. The van der Waals surface area contributed by atoms with Gasteiger partial charge in [-0.05, 0) is 0 Å². The van der Waals surface area contributed by atoms with Crippen molar-refractivity contribution in [3.05, 3.63) is 12.7 Å². The van der Waals surface area contributed by atoms with Gasteiger partial charge in [0, 0.05) is 6.08 Å². The molecule has 0 aliphatic carbocycles. The van der Waals surface area contributed by atoms with Crippen LogP contribution >= 0.6 is 9.82 Å². The van der Waals surface area contributed by atoms with E-state index in [0.717, 1.165) is 0 Å². The van der Waals surface area contributed by atoms with Gasteiger partial charge in [0.2, 0.25) is 0 Å². The summed E-state index contributed by atoms with van der Waals surface area (Å²) in [4.78, 5) is 0. The molecule has 0 aromatic carbocycles. The molecule has 1 nitrogen and oxygen atoms in total. The summed E-state index contributed by atoms with van der Waals surface area (Å²) in [6.07, 6.45) is 1.18. The van der Waals surface area contributed by atoms with Crippen molar-refractivity contribution >= 4 is 9.82 Å². The fourth-order valence-corrected chi connectivity index (χ4v) is 0. The van der Waals surface area contributed by atoms with E-state index in [9.17, 15) is 0 Å². The molecule has 0 aliphatic heterocycles. The summed E-state index contributed by atoms with van der Waals surface area (Å²) in [6.45, 7) is 3.12. The Kier molecular flexibility index (Phi) is 30.4. The van der Waals surface area contributed by atoms with Gasteiger partial charge in [0.15, 0.2) is 0 Å². The predicted molar refractivity (Wildman–Crippen MR) is 23.4 cm³/mol. The fraction of sp³-hybridized carbons (Fsp3) is 0. The molecule has 0 amide bonds. The molecule has 32 valence electrons. The van der Waals surface area contributed by atoms with Crippen molar-refractivity contribution < 1.29 is 18.0 Å². The van der Waals surface area contributed by atoms with Crippen LogP contribution in [0.4, 0.5) is 0 Å². The van der Waals surface area contributed by atoms with Crippen molar-refractivity contribution in [2.75, 3.05) is 0 Å². The van der Waals surface area contributed by atoms with Crippen molar-refractivity contribution in [3.63, 3.8) is 0 Å². The Morgan fingerprint density at radius 1 is 1.83 bits per heavy atom. The molecule has 0 heterocycles. The molecule has 0 fully saturated rings. The van der Waals surface area contributed by atoms with Gasteiger partial charge in [-0.15, -0.1) is 0 Å². The topological polar surface area (TPSA) is 23.8 Å². The quantitative estimate of drug-likeness (QED) is 0.416. The first-order chi connectivity index (χ1) is 2.91. The molecule has 0 N–H and O–H groups in total. The van der Waals surface area contributed by atoms with Crippen LogP contribution in [0.5, 0.6) is 0 Å². The molecule has 0 radical (unpaired) electrons. The van der Waals surface area contributed by atoms with E-state index in [2.05, 4.69) is 16.4 Å². The average Bonchev–Trinajstić information content (AvgIpc) is 1.72. The third kappa shape index (κ3) is 31.5. The Morgan fingerprint density at radius 2 is 2.00 bits per heavy atom. The van der Waals surface area contributed by atoms with E-state index in [1.54, 1.807) is 6.07 Å². The molecule has 0 aliphatic rings. The molecule has 3 heteroatoms. The number of nitrogens with zero attached hydrogens (tertiary/aromatic N) is 1. The molecular formula is C3H3MoNS. The second kappa shape index (κ2) is 19.2. The summed E-state index contributed by atoms with van der Waals surface area (Å²) in [6, 6.07) is 1.69. The van der Waals surface area contributed by atoms with E-state index < -0.39 is 0 Å². The van der Waals surface area contributed by atoms with Gasteiger partial charge in [0.1, 0.15) is 0 Å². The summed E-state index contributed by atoms with van der Waals surface area (Å²) in [5.74, 6) is 0. The van der Waals surface area contributed by atoms with E-state index in [4.69, 9.17) is 5.26 Å². The zero-order valence-electron chi connectivity index (χ0n) is 3.05. The van der Waals surface area contributed by atoms with E-state index in [1.807, 2.05) is 0 Å². The summed E-state index contributed by atoms with van der Waals surface area (Å²) in [7, 11) is 4.09. The minimum atomic E-state index is 1.18. The SMILES string of the molecule is C=CC#N.[S]=[Mo]. The van der Waals surface area contributed by atoms with E-state index in [-0.39, 0.29) is 0 Å². The zero-order chi connectivity index (χ0) is 5.41. The fourth-order valence-electron chi connectivity index (χ4n) is 0. The van der Waals surface area contributed by atoms with Crippen LogP contribution in [0.2, 0.25) is 0 Å². The van der Waals surface area contributed by atoms with Gasteiger partial charge in [0.25, 0.3) is 0 Å². The number of hydrogen-bond donors (Lipinski definition) is 0. The maximum absolute atomic E-state index is 7.51. The molecule has 0 spiro atoms. The Hall–Kier alpha value is 0.138. The molecular weight excluding hydrogens is 178 g/mol. The Bertz CT molecular complexity index is 65.7. The zero-order valence-corrected chi connectivity index (χ0v) is 5.87. The molecule has 0 atom stereocenters. The van der Waals surface area contributed by atoms with Crippen molar-refractivity contribution in [2.45, 2.75) is 0 Å². The Labute approximate surface area is 52.0 Å². The average molecular weight is 181 g/mol. The van der Waals surface area contributed by atoms with E-state index in [0.29, 0.717) is 0 Å². The third-order valence-electron chi connectivity index (χ3n) is 0.0913. The van der Waals surface area contributed by atoms with Gasteiger partial charge >= 0.3 is 27.8 Å². The molecule has 0 saturated heterocycles. The van der Waals surface area contributed by atoms with Gasteiger partial charge in [-0.1, -0.05) is 6.58 Å². The molecule has 0 bridgehead atoms. The van der Waals surface area contributed by atoms with Crippen LogP contribution in [0.25, 0.3) is 0 Å². The first-order valence-corrected chi connectivity index (χ1v) is 3.88. The molecule has 0 aromatic heterocycles. The summed E-state index contributed by atoms with van der Waals surface area (Å²) in [5, 5.41) is 7.51. The van der Waals surface area contributed by atoms with Crippen LogP contribution in [0.15, 0.2) is 12.7 Å². The summed E-state index contributed by atoms with van der Waals surface area (Å²) < 4.78 is 0. The monoisotopic (exact) mass is 183 g/mol. The Balaban J connectivity index is 0. The van der Waals surface area contributed by atoms with Crippen LogP contribution in [0.1, 0.15) is 0 Å². The molecule has 6 heavy (non-hydrogen) atoms. The minimum absolute atomic E-state index is 1.18. The van der Waals surface area contributed by atoms with Crippen molar-refractivity contribution in [1.82, 2.24) is 0 Å². The van der Waals surface area contributed by atoms with Crippen molar-refractivity contribution in [3.8, 4) is 6.07 Å². The molecule has 0 rings (SSSR count). The van der Waals surface area contributed by atoms with Crippen LogP contribution in [-0.2, 0) is 18.0 Å². The number of nitriles is 1. The van der Waals surface area contributed by atoms with E-state index >= 15 is 0 Å². The third-order valence-corrected chi connectivity index (χ3v) is 0.0913. The van der Waals surface area contributed by atoms with Gasteiger partial charge in [-0.25, -0.2) is 0 Å². The van der Waals surface area contributed by atoms with Crippen LogP contribution in [0.3, 0.4) is 0 Å². The van der Waals surface area contributed by atoms with Crippen molar-refractivity contribution in [2.24, 2.45) is 0 Å². The van der Waals surface area contributed by atoms with Gasteiger partial charge in [-0.2, -0.15) is 5.26 Å². The number of allylic oxidation sites excluding steroid dienone is 1. The summed E-state index contributed by atoms with van der Waals surface area (Å²) >= 11 is 1.53. The van der Waals surface area contributed by atoms with Gasteiger partial charge in [-0.3, -0.25) is 0 Å². The van der Waals surface area contributed by atoms with Gasteiger partial charge < -0.3 is 0 Å². The second-order valence-corrected chi connectivity index (χ2v) is 0.333. The van der Waals surface area contributed by atoms with Crippen LogP contribution < -0.4 is 0 Å². The van der Waals surface area contributed by atoms with Crippen LogP contribution in [0, 0.1) is 11.3 Å². The van der Waals surface area contributed by atoms with E-state index in [1.165, 1.54) is 24.1 Å². The van der Waals surface area contributed by atoms with Crippen LogP contribution in [-0.4, -0.2) is 0 Å². The molecule has 0 saturated carbocycles. The first-order valence-electron chi connectivity index (χ1n) is 1.09. The number of hydrogen-bond acceptors (Lipinski definition) is 2. The predicted octanol–water partition coefficient (Wildman–Crippen LogP) is 1.34. The number of rotatable bonds is 0. The normalized spacial score (nSPS) is 3.17. The first kappa shape index (κ1) is 9.46. The van der Waals surface area contributed by atoms with Crippen molar-refractivity contribution in [1.29, 1.82) is 5.26 Å². The molecule has 0 unspecified atom stereocenters.